The van der Waals surface area contributed by atoms with Crippen LogP contribution >= 0.6 is 0 Å². The first-order chi connectivity index (χ1) is 13.4. The fourth-order valence-corrected chi connectivity index (χ4v) is 3.34. The Kier molecular flexibility index (Phi) is 6.17. The van der Waals surface area contributed by atoms with E-state index in [1.54, 1.807) is 42.5 Å². The summed E-state index contributed by atoms with van der Waals surface area (Å²) >= 11 is 0. The molecule has 0 saturated heterocycles. The first-order valence-corrected chi connectivity index (χ1v) is 10.1. The summed E-state index contributed by atoms with van der Waals surface area (Å²) in [5.41, 5.74) is 0.980. The van der Waals surface area contributed by atoms with Crippen LogP contribution in [0.5, 0.6) is 11.5 Å². The van der Waals surface area contributed by atoms with Crippen molar-refractivity contribution in [2.45, 2.75) is 6.54 Å². The Morgan fingerprint density at radius 1 is 1.07 bits per heavy atom. The van der Waals surface area contributed by atoms with Crippen molar-refractivity contribution >= 4 is 27.0 Å². The maximum absolute atomic E-state index is 12.2. The van der Waals surface area contributed by atoms with Gasteiger partial charge in [0.15, 0.2) is 17.9 Å². The van der Waals surface area contributed by atoms with Crippen LogP contribution < -0.4 is 14.2 Å². The first-order valence-electron chi connectivity index (χ1n) is 8.43. The van der Waals surface area contributed by atoms with Crippen LogP contribution in [0.15, 0.2) is 59.2 Å². The number of furan rings is 1. The zero-order chi connectivity index (χ0) is 20.0. The summed E-state index contributed by atoms with van der Waals surface area (Å²) in [6.45, 7) is -0.440. The quantitative estimate of drug-likeness (QED) is 0.532. The van der Waals surface area contributed by atoms with Crippen LogP contribution in [0.2, 0.25) is 0 Å². The Labute approximate surface area is 161 Å². The van der Waals surface area contributed by atoms with Crippen LogP contribution in [-0.2, 0) is 21.4 Å². The highest BCUT2D eigenvalue weighted by Gasteiger charge is 2.15. The number of para-hydroxylation sites is 2. The second-order valence-corrected chi connectivity index (χ2v) is 7.80. The monoisotopic (exact) mass is 405 g/mol. The van der Waals surface area contributed by atoms with Gasteiger partial charge in [0.2, 0.25) is 10.0 Å². The maximum atomic E-state index is 12.2. The van der Waals surface area contributed by atoms with Crippen LogP contribution in [0.4, 0.5) is 0 Å². The molecule has 1 heterocycles. The van der Waals surface area contributed by atoms with Crippen molar-refractivity contribution in [1.29, 1.82) is 0 Å². The number of nitrogens with one attached hydrogen (secondary N) is 1. The molecule has 3 aromatic rings. The fourth-order valence-electron chi connectivity index (χ4n) is 2.52. The zero-order valence-corrected chi connectivity index (χ0v) is 15.6. The van der Waals surface area contributed by atoms with E-state index in [-0.39, 0.29) is 24.7 Å². The number of carboxylic acid groups (broad SMARTS) is 1. The van der Waals surface area contributed by atoms with Crippen molar-refractivity contribution in [3.05, 3.63) is 60.4 Å². The number of ether oxygens (including phenoxy) is 2. The van der Waals surface area contributed by atoms with Gasteiger partial charge in [-0.25, -0.2) is 17.9 Å². The topological polar surface area (TPSA) is 115 Å². The van der Waals surface area contributed by atoms with E-state index in [9.17, 15) is 13.2 Å². The molecule has 9 heteroatoms. The number of hydrogen-bond acceptors (Lipinski definition) is 6. The lowest BCUT2D eigenvalue weighted by molar-refractivity contribution is -0.139. The summed E-state index contributed by atoms with van der Waals surface area (Å²) in [4.78, 5) is 10.7. The molecule has 0 spiro atoms. The minimum absolute atomic E-state index is 0.0264. The molecule has 0 atom stereocenters. The number of hydrogen-bond donors (Lipinski definition) is 2. The summed E-state index contributed by atoms with van der Waals surface area (Å²) < 4.78 is 42.9. The van der Waals surface area contributed by atoms with Crippen LogP contribution in [0.25, 0.3) is 11.0 Å². The molecule has 0 bridgehead atoms. The van der Waals surface area contributed by atoms with Gasteiger partial charge in [0.05, 0.1) is 12.0 Å². The van der Waals surface area contributed by atoms with Crippen molar-refractivity contribution < 1.29 is 32.2 Å². The third kappa shape index (κ3) is 5.24. The molecule has 0 unspecified atom stereocenters. The molecule has 3 rings (SSSR count). The Balaban J connectivity index is 1.59. The lowest BCUT2D eigenvalue weighted by Gasteiger charge is -2.08. The predicted octanol–water partition coefficient (Wildman–Crippen LogP) is 2.39. The number of sulfonamides is 1. The molecule has 0 aliphatic heterocycles. The second kappa shape index (κ2) is 8.77. The summed E-state index contributed by atoms with van der Waals surface area (Å²) in [6.07, 6.45) is 1.42. The van der Waals surface area contributed by atoms with Gasteiger partial charge in [0.1, 0.15) is 12.4 Å². The van der Waals surface area contributed by atoms with E-state index in [2.05, 4.69) is 4.72 Å². The molecule has 8 nitrogen and oxygen atoms in total. The zero-order valence-electron chi connectivity index (χ0n) is 14.8. The highest BCUT2D eigenvalue weighted by Crippen LogP contribution is 2.29. The van der Waals surface area contributed by atoms with Crippen molar-refractivity contribution in [2.75, 3.05) is 19.0 Å². The molecular formula is C19H19NO7S. The summed E-state index contributed by atoms with van der Waals surface area (Å²) in [5, 5.41) is 9.37. The van der Waals surface area contributed by atoms with Gasteiger partial charge < -0.3 is 19.0 Å². The van der Waals surface area contributed by atoms with Gasteiger partial charge in [0.25, 0.3) is 0 Å². The normalized spacial score (nSPS) is 11.4. The molecule has 0 aliphatic rings. The lowest BCUT2D eigenvalue weighted by atomic mass is 10.2. The number of carbonyl (C=O) groups is 1. The van der Waals surface area contributed by atoms with Gasteiger partial charge in [-0.15, -0.1) is 0 Å². The first kappa shape index (κ1) is 19.7. The Morgan fingerprint density at radius 3 is 2.61 bits per heavy atom. The van der Waals surface area contributed by atoms with Crippen molar-refractivity contribution in [2.24, 2.45) is 0 Å². The molecule has 28 heavy (non-hydrogen) atoms. The molecule has 0 amide bonds. The lowest BCUT2D eigenvalue weighted by Crippen LogP contribution is -2.28. The van der Waals surface area contributed by atoms with Crippen molar-refractivity contribution in [3.63, 3.8) is 0 Å². The highest BCUT2D eigenvalue weighted by molar-refractivity contribution is 7.89. The molecular weight excluding hydrogens is 386 g/mol. The third-order valence-corrected chi connectivity index (χ3v) is 5.13. The van der Waals surface area contributed by atoms with Gasteiger partial charge in [-0.05, 0) is 18.2 Å². The van der Waals surface area contributed by atoms with E-state index in [4.69, 9.17) is 19.0 Å². The van der Waals surface area contributed by atoms with E-state index >= 15 is 0 Å². The number of aliphatic carboxylic acids is 1. The second-order valence-electron chi connectivity index (χ2n) is 5.88. The number of carboxylic acids is 1. The summed E-state index contributed by atoms with van der Waals surface area (Å²) in [5.74, 6) is -0.406. The van der Waals surface area contributed by atoms with Crippen LogP contribution in [-0.4, -0.2) is 38.5 Å². The number of benzene rings is 2. The average Bonchev–Trinajstić information content (AvgIpc) is 3.09. The number of fused-ring (bicyclic) bond motifs is 1. The number of rotatable bonds is 10. The van der Waals surface area contributed by atoms with Crippen LogP contribution in [0.1, 0.15) is 5.56 Å². The van der Waals surface area contributed by atoms with Gasteiger partial charge in [-0.2, -0.15) is 0 Å². The molecule has 0 radical (unpaired) electrons. The molecule has 2 N–H and O–H groups in total. The molecule has 148 valence electrons. The Morgan fingerprint density at radius 2 is 1.86 bits per heavy atom. The summed E-state index contributed by atoms with van der Waals surface area (Å²) in [7, 11) is -3.55. The SMILES string of the molecule is O=C(O)COc1cccc2c(CNS(=O)(=O)CCOc3ccccc3)coc12. The Hall–Kier alpha value is -3.04. The molecule has 2 aromatic carbocycles. The van der Waals surface area contributed by atoms with Crippen LogP contribution in [0, 0.1) is 0 Å². The van der Waals surface area contributed by atoms with Crippen LogP contribution in [0.3, 0.4) is 0 Å². The third-order valence-electron chi connectivity index (χ3n) is 3.84. The standard InChI is InChI=1S/C19H19NO7S/c21-18(22)13-26-17-8-4-7-16-14(12-27-19(16)17)11-20-28(23,24)10-9-25-15-5-2-1-3-6-15/h1-8,12,20H,9-11,13H2,(H,21,22). The highest BCUT2D eigenvalue weighted by atomic mass is 32.2. The molecule has 0 fully saturated rings. The van der Waals surface area contributed by atoms with Gasteiger partial charge in [-0.1, -0.05) is 30.3 Å². The smallest absolute Gasteiger partial charge is 0.341 e. The minimum atomic E-state index is -3.55. The molecule has 0 saturated carbocycles. The van der Waals surface area contributed by atoms with Gasteiger partial charge >= 0.3 is 5.97 Å². The molecule has 0 aliphatic carbocycles. The minimum Gasteiger partial charge on any atom is -0.492 e. The molecule has 1 aromatic heterocycles. The van der Waals surface area contributed by atoms with Gasteiger partial charge in [0, 0.05) is 17.5 Å². The Bertz CT molecular complexity index is 1040. The van der Waals surface area contributed by atoms with E-state index in [0.717, 1.165) is 0 Å². The predicted molar refractivity (Wildman–Crippen MR) is 102 cm³/mol. The average molecular weight is 405 g/mol. The van der Waals surface area contributed by atoms with Gasteiger partial charge in [-0.3, -0.25) is 0 Å². The van der Waals surface area contributed by atoms with E-state index in [1.807, 2.05) is 6.07 Å². The fraction of sp³-hybridized carbons (Fsp3) is 0.211. The summed E-state index contributed by atoms with van der Waals surface area (Å²) in [6, 6.07) is 14.0. The van der Waals surface area contributed by atoms with E-state index in [0.29, 0.717) is 22.3 Å². The van der Waals surface area contributed by atoms with E-state index < -0.39 is 22.6 Å². The maximum Gasteiger partial charge on any atom is 0.341 e. The van der Waals surface area contributed by atoms with Crippen molar-refractivity contribution in [3.8, 4) is 11.5 Å². The van der Waals surface area contributed by atoms with E-state index in [1.165, 1.54) is 6.26 Å². The largest absolute Gasteiger partial charge is 0.492 e. The van der Waals surface area contributed by atoms with Crippen molar-refractivity contribution in [1.82, 2.24) is 4.72 Å².